The fraction of sp³-hybridized carbons (Fsp3) is 0.0833. The summed E-state index contributed by atoms with van der Waals surface area (Å²) in [5.41, 5.74) is 1.59. The molecule has 0 aromatic heterocycles. The number of hydrogen-bond acceptors (Lipinski definition) is 2. The van der Waals surface area contributed by atoms with Gasteiger partial charge in [-0.05, 0) is 36.3 Å². The SMILES string of the molecule is CC(C=Cc1ccc(Cl)cc1)=CC(=O)[O-]. The molecule has 2 nitrogen and oxygen atoms in total. The van der Waals surface area contributed by atoms with Crippen LogP contribution in [0.5, 0.6) is 0 Å². The molecule has 0 fully saturated rings. The van der Waals surface area contributed by atoms with Crippen molar-refractivity contribution in [3.63, 3.8) is 0 Å². The van der Waals surface area contributed by atoms with Crippen LogP contribution in [0, 0.1) is 0 Å². The second-order valence-corrected chi connectivity index (χ2v) is 3.53. The van der Waals surface area contributed by atoms with Crippen LogP contribution in [0.4, 0.5) is 0 Å². The minimum absolute atomic E-state index is 0.630. The Bertz CT molecular complexity index is 402. The zero-order chi connectivity index (χ0) is 11.3. The Hall–Kier alpha value is -1.54. The quantitative estimate of drug-likeness (QED) is 0.579. The van der Waals surface area contributed by atoms with Gasteiger partial charge in [-0.1, -0.05) is 35.9 Å². The summed E-state index contributed by atoms with van der Waals surface area (Å²) in [6, 6.07) is 7.26. The van der Waals surface area contributed by atoms with Crippen LogP contribution in [0.2, 0.25) is 5.02 Å². The fourth-order valence-corrected chi connectivity index (χ4v) is 1.16. The summed E-state index contributed by atoms with van der Waals surface area (Å²) in [6.07, 6.45) is 4.57. The van der Waals surface area contributed by atoms with Crippen LogP contribution >= 0.6 is 11.6 Å². The summed E-state index contributed by atoms with van der Waals surface area (Å²) in [5.74, 6) is -1.19. The van der Waals surface area contributed by atoms with Crippen molar-refractivity contribution in [3.05, 3.63) is 52.6 Å². The Morgan fingerprint density at radius 2 is 1.93 bits per heavy atom. The predicted octanol–water partition coefficient (Wildman–Crippen LogP) is 2.05. The first-order valence-corrected chi connectivity index (χ1v) is 4.78. The number of allylic oxidation sites excluding steroid dienone is 2. The van der Waals surface area contributed by atoms with Crippen molar-refractivity contribution < 1.29 is 9.90 Å². The number of carboxylic acids is 1. The van der Waals surface area contributed by atoms with Gasteiger partial charge in [0, 0.05) is 5.02 Å². The molecule has 1 aromatic rings. The number of halogens is 1. The Balaban J connectivity index is 2.73. The topological polar surface area (TPSA) is 40.1 Å². The van der Waals surface area contributed by atoms with Crippen LogP contribution in [0.25, 0.3) is 6.08 Å². The summed E-state index contributed by atoms with van der Waals surface area (Å²) in [5, 5.41) is 10.9. The van der Waals surface area contributed by atoms with E-state index in [4.69, 9.17) is 11.6 Å². The molecule has 0 saturated heterocycles. The van der Waals surface area contributed by atoms with Gasteiger partial charge in [0.1, 0.15) is 0 Å². The van der Waals surface area contributed by atoms with Gasteiger partial charge in [-0.15, -0.1) is 0 Å². The van der Waals surface area contributed by atoms with Crippen LogP contribution in [0.15, 0.2) is 42.0 Å². The van der Waals surface area contributed by atoms with Gasteiger partial charge in [0.2, 0.25) is 0 Å². The first kappa shape index (κ1) is 11.5. The summed E-state index contributed by atoms with van der Waals surface area (Å²) < 4.78 is 0. The lowest BCUT2D eigenvalue weighted by atomic mass is 10.1. The maximum absolute atomic E-state index is 10.2. The van der Waals surface area contributed by atoms with Crippen LogP contribution in [-0.4, -0.2) is 5.97 Å². The maximum Gasteiger partial charge on any atom is 0.0645 e. The van der Waals surface area contributed by atoms with Crippen molar-refractivity contribution in [2.75, 3.05) is 0 Å². The van der Waals surface area contributed by atoms with Crippen LogP contribution < -0.4 is 5.11 Å². The molecule has 0 aliphatic rings. The van der Waals surface area contributed by atoms with Crippen LogP contribution in [-0.2, 0) is 4.79 Å². The van der Waals surface area contributed by atoms with E-state index in [0.717, 1.165) is 11.6 Å². The number of benzene rings is 1. The molecular weight excluding hydrogens is 212 g/mol. The lowest BCUT2D eigenvalue weighted by Gasteiger charge is -1.96. The lowest BCUT2D eigenvalue weighted by Crippen LogP contribution is -2.19. The number of rotatable bonds is 3. The van der Waals surface area contributed by atoms with E-state index in [1.807, 2.05) is 18.2 Å². The standard InChI is InChI=1S/C12H11ClO2/c1-9(8-12(14)15)2-3-10-4-6-11(13)7-5-10/h2-8H,1H3,(H,14,15)/p-1. The Labute approximate surface area is 93.5 Å². The molecule has 0 heterocycles. The average molecular weight is 222 g/mol. The summed E-state index contributed by atoms with van der Waals surface area (Å²) in [4.78, 5) is 10.2. The van der Waals surface area contributed by atoms with Crippen molar-refractivity contribution in [3.8, 4) is 0 Å². The lowest BCUT2D eigenvalue weighted by molar-refractivity contribution is -0.297. The van der Waals surface area contributed by atoms with E-state index in [9.17, 15) is 9.90 Å². The molecule has 1 rings (SSSR count). The molecule has 0 atom stereocenters. The molecule has 0 spiro atoms. The number of hydrogen-bond donors (Lipinski definition) is 0. The monoisotopic (exact) mass is 221 g/mol. The van der Waals surface area contributed by atoms with Crippen LogP contribution in [0.3, 0.4) is 0 Å². The fourth-order valence-electron chi connectivity index (χ4n) is 1.04. The summed E-state index contributed by atoms with van der Waals surface area (Å²) in [6.45, 7) is 1.70. The third-order valence-corrected chi connectivity index (χ3v) is 2.01. The predicted molar refractivity (Wildman–Crippen MR) is 59.3 cm³/mol. The molecule has 1 aromatic carbocycles. The smallest absolute Gasteiger partial charge is 0.0645 e. The molecule has 0 N–H and O–H groups in total. The van der Waals surface area contributed by atoms with Gasteiger partial charge in [0.15, 0.2) is 0 Å². The number of aliphatic carboxylic acids is 1. The number of carbonyl (C=O) groups excluding carboxylic acids is 1. The summed E-state index contributed by atoms with van der Waals surface area (Å²) >= 11 is 5.72. The molecule has 0 aliphatic heterocycles. The largest absolute Gasteiger partial charge is 0.545 e. The third kappa shape index (κ3) is 4.47. The van der Waals surface area contributed by atoms with Crippen molar-refractivity contribution in [1.29, 1.82) is 0 Å². The van der Waals surface area contributed by atoms with E-state index in [1.54, 1.807) is 25.1 Å². The van der Waals surface area contributed by atoms with Crippen molar-refractivity contribution in [2.45, 2.75) is 6.92 Å². The highest BCUT2D eigenvalue weighted by molar-refractivity contribution is 6.30. The first-order chi connectivity index (χ1) is 7.08. The highest BCUT2D eigenvalue weighted by atomic mass is 35.5. The van der Waals surface area contributed by atoms with Crippen LogP contribution in [0.1, 0.15) is 12.5 Å². The zero-order valence-corrected chi connectivity index (χ0v) is 8.99. The van der Waals surface area contributed by atoms with Gasteiger partial charge in [-0.25, -0.2) is 0 Å². The molecule has 0 radical (unpaired) electrons. The first-order valence-electron chi connectivity index (χ1n) is 4.41. The van der Waals surface area contributed by atoms with Crippen molar-refractivity contribution in [2.24, 2.45) is 0 Å². The minimum Gasteiger partial charge on any atom is -0.545 e. The highest BCUT2D eigenvalue weighted by Crippen LogP contribution is 2.11. The Kier molecular flexibility index (Phi) is 4.13. The van der Waals surface area contributed by atoms with Gasteiger partial charge < -0.3 is 9.90 Å². The normalized spacial score (nSPS) is 12.0. The van der Waals surface area contributed by atoms with Crippen molar-refractivity contribution in [1.82, 2.24) is 0 Å². The Morgan fingerprint density at radius 1 is 1.33 bits per heavy atom. The highest BCUT2D eigenvalue weighted by Gasteiger charge is 1.88. The number of carbonyl (C=O) groups is 1. The average Bonchev–Trinajstić information content (AvgIpc) is 2.16. The van der Waals surface area contributed by atoms with Gasteiger partial charge in [-0.2, -0.15) is 0 Å². The molecule has 15 heavy (non-hydrogen) atoms. The minimum atomic E-state index is -1.19. The summed E-state index contributed by atoms with van der Waals surface area (Å²) in [7, 11) is 0. The molecular formula is C12H10ClO2-. The third-order valence-electron chi connectivity index (χ3n) is 1.75. The zero-order valence-electron chi connectivity index (χ0n) is 8.24. The molecule has 0 saturated carbocycles. The molecule has 78 valence electrons. The molecule has 0 aliphatic carbocycles. The number of carboxylic acid groups (broad SMARTS) is 1. The van der Waals surface area contributed by atoms with E-state index in [0.29, 0.717) is 10.6 Å². The molecule has 0 amide bonds. The molecule has 0 bridgehead atoms. The van der Waals surface area contributed by atoms with E-state index in [-0.39, 0.29) is 0 Å². The van der Waals surface area contributed by atoms with E-state index in [1.165, 1.54) is 0 Å². The van der Waals surface area contributed by atoms with Gasteiger partial charge in [-0.3, -0.25) is 0 Å². The van der Waals surface area contributed by atoms with Gasteiger partial charge in [0.25, 0.3) is 0 Å². The van der Waals surface area contributed by atoms with Crippen molar-refractivity contribution >= 4 is 23.6 Å². The molecule has 3 heteroatoms. The Morgan fingerprint density at radius 3 is 2.47 bits per heavy atom. The van der Waals surface area contributed by atoms with E-state index < -0.39 is 5.97 Å². The second-order valence-electron chi connectivity index (χ2n) is 3.09. The maximum atomic E-state index is 10.2. The van der Waals surface area contributed by atoms with Gasteiger partial charge >= 0.3 is 0 Å². The van der Waals surface area contributed by atoms with Gasteiger partial charge in [0.05, 0.1) is 5.97 Å². The van der Waals surface area contributed by atoms with E-state index in [2.05, 4.69) is 0 Å². The second kappa shape index (κ2) is 5.37. The molecule has 0 unspecified atom stereocenters. The van der Waals surface area contributed by atoms with E-state index >= 15 is 0 Å².